The minimum atomic E-state index is -5.04. The zero-order valence-corrected chi connectivity index (χ0v) is 27.8. The number of hydrogen-bond donors (Lipinski definition) is 2. The number of carbonyl (C=O) groups excluding carboxylic acids is 2. The summed E-state index contributed by atoms with van der Waals surface area (Å²) in [5, 5.41) is 14.1. The number of allylic oxidation sites excluding steroid dienone is 2. The van der Waals surface area contributed by atoms with Gasteiger partial charge in [0.2, 0.25) is 10.0 Å². The van der Waals surface area contributed by atoms with Gasteiger partial charge in [-0.25, -0.2) is 13.1 Å². The van der Waals surface area contributed by atoms with Crippen LogP contribution in [0, 0.1) is 29.1 Å². The Morgan fingerprint density at radius 3 is 1.98 bits per heavy atom. The molecule has 0 aliphatic rings. The maximum absolute atomic E-state index is 13.1. The van der Waals surface area contributed by atoms with Crippen LogP contribution in [0.3, 0.4) is 0 Å². The summed E-state index contributed by atoms with van der Waals surface area (Å²) in [6.45, 7) is 14.7. The summed E-state index contributed by atoms with van der Waals surface area (Å²) in [5.74, 6) is -1.91. The van der Waals surface area contributed by atoms with Gasteiger partial charge in [-0.15, -0.1) is 0 Å². The maximum Gasteiger partial charge on any atom is 0.420 e. The minimum absolute atomic E-state index is 0.331. The summed E-state index contributed by atoms with van der Waals surface area (Å²) in [5.41, 5.74) is -1.66. The molecule has 244 valence electrons. The second kappa shape index (κ2) is 19.0. The number of halogens is 3. The highest BCUT2D eigenvalue weighted by Crippen LogP contribution is 2.31. The largest absolute Gasteiger partial charge is 0.420 e. The van der Waals surface area contributed by atoms with Crippen molar-refractivity contribution in [2.24, 2.45) is 22.9 Å². The molecule has 2 aromatic rings. The summed E-state index contributed by atoms with van der Waals surface area (Å²) in [6, 6.07) is 14.2. The zero-order valence-electron chi connectivity index (χ0n) is 27.0. The quantitative estimate of drug-likeness (QED) is 0.118. The van der Waals surface area contributed by atoms with Gasteiger partial charge in [-0.2, -0.15) is 23.5 Å². The van der Waals surface area contributed by atoms with Gasteiger partial charge in [0.05, 0.1) is 4.90 Å². The Morgan fingerprint density at radius 1 is 1.00 bits per heavy atom. The van der Waals surface area contributed by atoms with Crippen molar-refractivity contribution in [1.82, 2.24) is 10.1 Å². The van der Waals surface area contributed by atoms with Gasteiger partial charge >= 0.3 is 6.18 Å². The average Bonchev–Trinajstić information content (AvgIpc) is 2.93. The second-order valence-electron chi connectivity index (χ2n) is 10.9. The number of benzene rings is 2. The molecule has 2 N–H and O–H groups in total. The molecule has 8 nitrogen and oxygen atoms in total. The van der Waals surface area contributed by atoms with Gasteiger partial charge in [-0.3, -0.25) is 9.59 Å². The van der Waals surface area contributed by atoms with Crippen LogP contribution in [0.5, 0.6) is 0 Å². The minimum Gasteiger partial charge on any atom is -0.312 e. The van der Waals surface area contributed by atoms with Crippen molar-refractivity contribution >= 4 is 38.1 Å². The Labute approximate surface area is 259 Å². The van der Waals surface area contributed by atoms with E-state index in [0.717, 1.165) is 24.1 Å². The number of nitrogens with zero attached hydrogens (tertiary/aromatic N) is 2. The van der Waals surface area contributed by atoms with Crippen LogP contribution in [0.15, 0.2) is 63.6 Å². The average molecular weight is 639 g/mol. The van der Waals surface area contributed by atoms with E-state index in [1.54, 1.807) is 12.1 Å². The number of alkyl halides is 3. The van der Waals surface area contributed by atoms with Crippen molar-refractivity contribution in [3.63, 3.8) is 0 Å². The molecular formula is C32H45F3N4O4S. The first-order valence-corrected chi connectivity index (χ1v) is 15.9. The van der Waals surface area contributed by atoms with Crippen LogP contribution in [0.4, 0.5) is 13.2 Å². The van der Waals surface area contributed by atoms with Gasteiger partial charge < -0.3 is 5.43 Å². The van der Waals surface area contributed by atoms with Gasteiger partial charge in [0.25, 0.3) is 0 Å². The van der Waals surface area contributed by atoms with E-state index in [1.165, 1.54) is 33.4 Å². The van der Waals surface area contributed by atoms with Gasteiger partial charge in [0, 0.05) is 26.4 Å². The Morgan fingerprint density at radius 2 is 1.55 bits per heavy atom. The third-order valence-electron chi connectivity index (χ3n) is 5.74. The molecule has 0 spiro atoms. The van der Waals surface area contributed by atoms with Crippen molar-refractivity contribution in [2.75, 3.05) is 13.6 Å². The number of carbonyl (C=O) groups is 2. The van der Waals surface area contributed by atoms with Crippen LogP contribution in [0.25, 0.3) is 10.8 Å². The predicted octanol–water partition coefficient (Wildman–Crippen LogP) is 6.97. The Hall–Kier alpha value is -3.56. The molecule has 2 aromatic carbocycles. The Balaban J connectivity index is 0.000000773. The van der Waals surface area contributed by atoms with Gasteiger partial charge in [-0.05, 0) is 41.2 Å². The molecule has 2 rings (SSSR count). The molecule has 0 saturated carbocycles. The fourth-order valence-electron chi connectivity index (χ4n) is 3.90. The van der Waals surface area contributed by atoms with Crippen molar-refractivity contribution in [2.45, 2.75) is 79.3 Å². The molecule has 1 atom stereocenters. The fourth-order valence-corrected chi connectivity index (χ4v) is 5.10. The molecule has 0 fully saturated rings. The smallest absolute Gasteiger partial charge is 0.312 e. The third kappa shape index (κ3) is 13.4. The molecule has 44 heavy (non-hydrogen) atoms. The first-order valence-electron chi connectivity index (χ1n) is 14.4. The molecule has 0 aromatic heterocycles. The predicted molar refractivity (Wildman–Crippen MR) is 169 cm³/mol. The number of nitriles is 1. The molecule has 1 unspecified atom stereocenters. The number of fused-ring (bicyclic) bond motifs is 1. The van der Waals surface area contributed by atoms with Crippen LogP contribution in [0.1, 0.15) is 68.2 Å². The van der Waals surface area contributed by atoms with Gasteiger partial charge in [0.15, 0.2) is 11.6 Å². The van der Waals surface area contributed by atoms with E-state index < -0.39 is 50.5 Å². The highest BCUT2D eigenvalue weighted by Gasteiger charge is 2.43. The molecule has 0 amide bonds. The number of hydrogen-bond acceptors (Lipinski definition) is 7. The first-order chi connectivity index (χ1) is 20.4. The van der Waals surface area contributed by atoms with E-state index in [-0.39, 0.29) is 0 Å². The molecular weight excluding hydrogens is 593 g/mol. The molecule has 0 heterocycles. The number of nitrogens with one attached hydrogen (secondary N) is 2. The third-order valence-corrected chi connectivity index (χ3v) is 7.16. The number of hydrazone groups is 1. The van der Waals surface area contributed by atoms with Crippen LogP contribution in [-0.2, 0) is 19.6 Å². The van der Waals surface area contributed by atoms with E-state index in [1.807, 2.05) is 30.3 Å². The fraction of sp³-hybridized carbons (Fsp3) is 0.500. The Bertz CT molecular complexity index is 1460. The van der Waals surface area contributed by atoms with Crippen molar-refractivity contribution < 1.29 is 31.2 Å². The standard InChI is InChI=1S/C17H23NO2S.C12H14F3N3O2.C3H8/c1-13(2)10-14(3)12-18-21(19,20)17-9-8-15-6-4-5-7-16(15)11-17;1-6(2)11(20)8(5-16)9(12(13,14)15)10(7(3)19)18-17-4;1-3-2/h4-9,11,13-14,18H,10,12H2,1-3H3;6,17H,1-4H3;3H2,1-2H3/b;9-8+,18-10?;. The lowest BCUT2D eigenvalue weighted by atomic mass is 9.93. The van der Waals surface area contributed by atoms with E-state index in [4.69, 9.17) is 5.26 Å². The summed E-state index contributed by atoms with van der Waals surface area (Å²) in [7, 11) is -2.23. The van der Waals surface area contributed by atoms with E-state index in [0.29, 0.717) is 23.3 Å². The first kappa shape index (κ1) is 40.4. The molecule has 0 saturated heterocycles. The summed E-state index contributed by atoms with van der Waals surface area (Å²) in [4.78, 5) is 23.4. The van der Waals surface area contributed by atoms with Crippen LogP contribution >= 0.6 is 0 Å². The van der Waals surface area contributed by atoms with Crippen LogP contribution in [0.2, 0.25) is 0 Å². The maximum atomic E-state index is 13.1. The van der Waals surface area contributed by atoms with E-state index >= 15 is 0 Å². The number of ketones is 2. The number of Topliss-reactive ketones (excluding diaryl/α,β-unsaturated/α-hetero) is 2. The van der Waals surface area contributed by atoms with Crippen LogP contribution < -0.4 is 10.1 Å². The lowest BCUT2D eigenvalue weighted by molar-refractivity contribution is -0.119. The highest BCUT2D eigenvalue weighted by molar-refractivity contribution is 7.89. The lowest BCUT2D eigenvalue weighted by Crippen LogP contribution is -2.30. The highest BCUT2D eigenvalue weighted by atomic mass is 32.2. The number of rotatable bonds is 11. The van der Waals surface area contributed by atoms with Gasteiger partial charge in [0.1, 0.15) is 22.9 Å². The van der Waals surface area contributed by atoms with Crippen molar-refractivity contribution in [1.29, 1.82) is 5.26 Å². The van der Waals surface area contributed by atoms with Crippen LogP contribution in [-0.4, -0.2) is 45.5 Å². The topological polar surface area (TPSA) is 128 Å². The normalized spacial score (nSPS) is 13.2. The van der Waals surface area contributed by atoms with Gasteiger partial charge in [-0.1, -0.05) is 85.2 Å². The summed E-state index contributed by atoms with van der Waals surface area (Å²) < 4.78 is 66.7. The SMILES string of the molecule is CC(C)CC(C)CNS(=O)(=O)c1ccc2ccccc2c1.CCC.CNN=C(C(C)=O)/C(=C(/C#N)C(=O)C(C)C)C(F)(F)F. The van der Waals surface area contributed by atoms with E-state index in [9.17, 15) is 31.2 Å². The molecule has 12 heteroatoms. The number of sulfonamides is 1. The molecule has 0 radical (unpaired) electrons. The molecule has 0 aliphatic heterocycles. The molecule has 0 aliphatic carbocycles. The monoisotopic (exact) mass is 638 g/mol. The van der Waals surface area contributed by atoms with Crippen molar-refractivity contribution in [3.05, 3.63) is 53.6 Å². The lowest BCUT2D eigenvalue weighted by Gasteiger charge is -2.15. The second-order valence-corrected chi connectivity index (χ2v) is 12.7. The molecule has 0 bridgehead atoms. The Kier molecular flexibility index (Phi) is 17.4. The summed E-state index contributed by atoms with van der Waals surface area (Å²) in [6.07, 6.45) is -2.78. The van der Waals surface area contributed by atoms with Crippen molar-refractivity contribution in [3.8, 4) is 6.07 Å². The summed E-state index contributed by atoms with van der Waals surface area (Å²) >= 11 is 0. The zero-order chi connectivity index (χ0) is 34.3. The van der Waals surface area contributed by atoms with E-state index in [2.05, 4.69) is 49.9 Å².